The molecule has 0 aliphatic carbocycles. The number of benzene rings is 1. The second-order valence-electron chi connectivity index (χ2n) is 8.01. The van der Waals surface area contributed by atoms with Crippen molar-refractivity contribution in [1.82, 2.24) is 14.5 Å². The molecule has 0 unspecified atom stereocenters. The molecule has 0 saturated carbocycles. The van der Waals surface area contributed by atoms with Crippen LogP contribution in [0.3, 0.4) is 0 Å². The van der Waals surface area contributed by atoms with Crippen molar-refractivity contribution >= 4 is 11.7 Å². The largest absolute Gasteiger partial charge is 0.619 e. The standard InChI is InChI=1S/C22H21F4N5O2/c1-14(29-7-4-22(25,26)19(11-29)15-2-5-31(33)6-3-15)21(32)28-20-12-30(13-27-20)18-9-16(23)8-17(24)10-18/h2-3,5-6,8-10,12-14,19H,4,7,11H2,1H3,(H,28,32)/t14-,19+/m0/s1. The van der Waals surface area contributed by atoms with Gasteiger partial charge < -0.3 is 15.1 Å². The predicted octanol–water partition coefficient (Wildman–Crippen LogP) is 3.24. The third-order valence-corrected chi connectivity index (χ3v) is 5.80. The molecule has 33 heavy (non-hydrogen) atoms. The first-order valence-corrected chi connectivity index (χ1v) is 10.2. The number of rotatable bonds is 5. The zero-order valence-electron chi connectivity index (χ0n) is 17.6. The lowest BCUT2D eigenvalue weighted by Crippen LogP contribution is -2.52. The lowest BCUT2D eigenvalue weighted by molar-refractivity contribution is -0.605. The maximum Gasteiger partial charge on any atom is 0.257 e. The van der Waals surface area contributed by atoms with Crippen LogP contribution in [0.2, 0.25) is 0 Å². The maximum atomic E-state index is 14.6. The Morgan fingerprint density at radius 2 is 1.91 bits per heavy atom. The summed E-state index contributed by atoms with van der Waals surface area (Å²) < 4.78 is 57.9. The molecule has 3 aromatic rings. The van der Waals surface area contributed by atoms with Crippen LogP contribution in [-0.2, 0) is 4.79 Å². The number of hydrogen-bond donors (Lipinski definition) is 1. The minimum atomic E-state index is -2.97. The molecule has 1 amide bonds. The molecule has 0 spiro atoms. The van der Waals surface area contributed by atoms with Gasteiger partial charge in [-0.15, -0.1) is 0 Å². The molecule has 11 heteroatoms. The Morgan fingerprint density at radius 3 is 2.58 bits per heavy atom. The summed E-state index contributed by atoms with van der Waals surface area (Å²) in [6.45, 7) is 1.55. The van der Waals surface area contributed by atoms with Crippen LogP contribution in [0.25, 0.3) is 5.69 Å². The van der Waals surface area contributed by atoms with Gasteiger partial charge in [0.1, 0.15) is 18.0 Å². The number of nitrogens with zero attached hydrogens (tertiary/aromatic N) is 4. The molecule has 1 aliphatic heterocycles. The van der Waals surface area contributed by atoms with Gasteiger partial charge in [0.05, 0.1) is 23.8 Å². The second-order valence-corrected chi connectivity index (χ2v) is 8.01. The summed E-state index contributed by atoms with van der Waals surface area (Å²) in [4.78, 5) is 18.4. The van der Waals surface area contributed by atoms with E-state index in [4.69, 9.17) is 0 Å². The maximum absolute atomic E-state index is 14.6. The van der Waals surface area contributed by atoms with Gasteiger partial charge in [0.2, 0.25) is 5.91 Å². The summed E-state index contributed by atoms with van der Waals surface area (Å²) in [5, 5.41) is 13.9. The van der Waals surface area contributed by atoms with E-state index in [1.165, 1.54) is 41.6 Å². The second kappa shape index (κ2) is 8.81. The van der Waals surface area contributed by atoms with E-state index in [9.17, 15) is 27.6 Å². The van der Waals surface area contributed by atoms with Crippen LogP contribution < -0.4 is 10.0 Å². The summed E-state index contributed by atoms with van der Waals surface area (Å²) >= 11 is 0. The van der Waals surface area contributed by atoms with Crippen molar-refractivity contribution in [3.63, 3.8) is 0 Å². The number of nitrogens with one attached hydrogen (secondary N) is 1. The number of halogens is 4. The van der Waals surface area contributed by atoms with Gasteiger partial charge in [0.15, 0.2) is 18.2 Å². The van der Waals surface area contributed by atoms with E-state index in [1.807, 2.05) is 0 Å². The first-order chi connectivity index (χ1) is 15.6. The molecule has 1 N–H and O–H groups in total. The smallest absolute Gasteiger partial charge is 0.257 e. The molecule has 2 aromatic heterocycles. The molecule has 3 heterocycles. The third-order valence-electron chi connectivity index (χ3n) is 5.80. The van der Waals surface area contributed by atoms with Crippen molar-refractivity contribution in [3.05, 3.63) is 77.7 Å². The first-order valence-electron chi connectivity index (χ1n) is 10.2. The average Bonchev–Trinajstić information content (AvgIpc) is 3.22. The summed E-state index contributed by atoms with van der Waals surface area (Å²) in [6.07, 6.45) is 4.60. The summed E-state index contributed by atoms with van der Waals surface area (Å²) in [5.41, 5.74) is 0.516. The SMILES string of the molecule is C[C@@H](C(=O)Nc1cn(-c2cc(F)cc(F)c2)cn1)N1CCC(F)(F)[C@@H](c2cc[n+]([O-])cc2)C1. The van der Waals surface area contributed by atoms with Crippen LogP contribution in [0.5, 0.6) is 0 Å². The average molecular weight is 463 g/mol. The van der Waals surface area contributed by atoms with Crippen molar-refractivity contribution in [2.24, 2.45) is 0 Å². The van der Waals surface area contributed by atoms with Crippen molar-refractivity contribution in [2.45, 2.75) is 31.2 Å². The van der Waals surface area contributed by atoms with Crippen LogP contribution in [0, 0.1) is 16.8 Å². The van der Waals surface area contributed by atoms with E-state index in [0.29, 0.717) is 10.3 Å². The first kappa shape index (κ1) is 22.7. The molecule has 7 nitrogen and oxygen atoms in total. The van der Waals surface area contributed by atoms with Gasteiger partial charge in [-0.25, -0.2) is 22.5 Å². The van der Waals surface area contributed by atoms with E-state index in [0.717, 1.165) is 18.2 Å². The van der Waals surface area contributed by atoms with E-state index in [2.05, 4.69) is 10.3 Å². The van der Waals surface area contributed by atoms with E-state index < -0.39 is 41.8 Å². The highest BCUT2D eigenvalue weighted by Gasteiger charge is 2.46. The molecule has 1 saturated heterocycles. The Bertz CT molecular complexity index is 1130. The van der Waals surface area contributed by atoms with Gasteiger partial charge in [0.25, 0.3) is 5.92 Å². The van der Waals surface area contributed by atoms with Crippen molar-refractivity contribution in [1.29, 1.82) is 0 Å². The number of aromatic nitrogens is 3. The molecule has 2 atom stereocenters. The molecule has 0 bridgehead atoms. The Hall–Kier alpha value is -3.47. The van der Waals surface area contributed by atoms with Gasteiger partial charge in [0, 0.05) is 37.7 Å². The Kier molecular flexibility index (Phi) is 6.07. The molecule has 1 aliphatic rings. The van der Waals surface area contributed by atoms with Gasteiger partial charge in [-0.3, -0.25) is 9.69 Å². The number of alkyl halides is 2. The predicted molar refractivity (Wildman–Crippen MR) is 111 cm³/mol. The van der Waals surface area contributed by atoms with Crippen LogP contribution in [0.15, 0.2) is 55.2 Å². The number of carbonyl (C=O) groups is 1. The normalized spacial score (nSPS) is 19.2. The molecule has 0 radical (unpaired) electrons. The van der Waals surface area contributed by atoms with Crippen molar-refractivity contribution in [3.8, 4) is 5.69 Å². The fourth-order valence-corrected chi connectivity index (χ4v) is 3.90. The quantitative estimate of drug-likeness (QED) is 0.358. The van der Waals surface area contributed by atoms with Crippen LogP contribution in [0.1, 0.15) is 24.8 Å². The highest BCUT2D eigenvalue weighted by Crippen LogP contribution is 2.40. The minimum absolute atomic E-state index is 0.0173. The van der Waals surface area contributed by atoms with Crippen LogP contribution in [0.4, 0.5) is 23.4 Å². The monoisotopic (exact) mass is 463 g/mol. The topological polar surface area (TPSA) is 77.1 Å². The Labute approximate surface area is 186 Å². The van der Waals surface area contributed by atoms with Crippen LogP contribution in [-0.4, -0.2) is 45.4 Å². The zero-order valence-corrected chi connectivity index (χ0v) is 17.6. The number of piperidine rings is 1. The van der Waals surface area contributed by atoms with Crippen molar-refractivity contribution < 1.29 is 27.1 Å². The van der Waals surface area contributed by atoms with E-state index >= 15 is 0 Å². The number of amides is 1. The molecule has 4 rings (SSSR count). The summed E-state index contributed by atoms with van der Waals surface area (Å²) in [6, 6.07) is 4.96. The molecular formula is C22H21F4N5O2. The van der Waals surface area contributed by atoms with E-state index in [-0.39, 0.29) is 24.6 Å². The van der Waals surface area contributed by atoms with Gasteiger partial charge in [-0.05, 0) is 24.6 Å². The molecular weight excluding hydrogens is 442 g/mol. The molecule has 174 valence electrons. The number of likely N-dealkylation sites (tertiary alicyclic amines) is 1. The highest BCUT2D eigenvalue weighted by molar-refractivity contribution is 5.93. The number of anilines is 1. The Balaban J connectivity index is 1.45. The van der Waals surface area contributed by atoms with Gasteiger partial charge in [-0.2, -0.15) is 4.73 Å². The highest BCUT2D eigenvalue weighted by atomic mass is 19.3. The Morgan fingerprint density at radius 1 is 1.24 bits per heavy atom. The number of hydrogen-bond acceptors (Lipinski definition) is 4. The fraction of sp³-hybridized carbons (Fsp3) is 0.318. The summed E-state index contributed by atoms with van der Waals surface area (Å²) in [7, 11) is 0. The lowest BCUT2D eigenvalue weighted by atomic mass is 9.87. The number of pyridine rings is 1. The minimum Gasteiger partial charge on any atom is -0.619 e. The number of imidazole rings is 1. The number of carbonyl (C=O) groups excluding carboxylic acids is 1. The molecule has 1 fully saturated rings. The van der Waals surface area contributed by atoms with Crippen LogP contribution >= 0.6 is 0 Å². The summed E-state index contributed by atoms with van der Waals surface area (Å²) in [5.74, 6) is -5.94. The zero-order chi connectivity index (χ0) is 23.8. The van der Waals surface area contributed by atoms with E-state index in [1.54, 1.807) is 11.8 Å². The molecule has 1 aromatic carbocycles. The fourth-order valence-electron chi connectivity index (χ4n) is 3.90. The lowest BCUT2D eigenvalue weighted by Gasteiger charge is -2.40. The van der Waals surface area contributed by atoms with Crippen molar-refractivity contribution in [2.75, 3.05) is 18.4 Å². The third kappa shape index (κ3) is 4.98. The van der Waals surface area contributed by atoms with Gasteiger partial charge >= 0.3 is 0 Å². The van der Waals surface area contributed by atoms with Gasteiger partial charge in [-0.1, -0.05) is 0 Å².